The first kappa shape index (κ1) is 23.8. The van der Waals surface area contributed by atoms with Crippen LogP contribution in [0.3, 0.4) is 0 Å². The molecule has 2 aromatic heterocycles. The molecule has 44 heavy (non-hydrogen) atoms. The van der Waals surface area contributed by atoms with Gasteiger partial charge in [0, 0.05) is 19.3 Å². The summed E-state index contributed by atoms with van der Waals surface area (Å²) < 4.78 is 26.3. The highest BCUT2D eigenvalue weighted by Crippen LogP contribution is 2.42. The molecular weight excluding hydrogens is 536 g/mol. The molecule has 0 bridgehead atoms. The van der Waals surface area contributed by atoms with Gasteiger partial charge in [0.1, 0.15) is 17.7 Å². The summed E-state index contributed by atoms with van der Waals surface area (Å²) in [4.78, 5) is 5.22. The Balaban J connectivity index is 1.40. The lowest BCUT2D eigenvalue weighted by molar-refractivity contribution is 0.616. The molecule has 0 atom stereocenters. The van der Waals surface area contributed by atoms with E-state index in [-0.39, 0.29) is 0 Å². The second-order valence-electron chi connectivity index (χ2n) is 11.1. The molecule has 0 saturated heterocycles. The van der Waals surface area contributed by atoms with Crippen molar-refractivity contribution in [3.63, 3.8) is 0 Å². The number of furan rings is 1. The molecule has 0 unspecified atom stereocenters. The minimum atomic E-state index is -1.67. The van der Waals surface area contributed by atoms with Crippen molar-refractivity contribution >= 4 is 22.0 Å². The van der Waals surface area contributed by atoms with Crippen molar-refractivity contribution in [1.29, 1.82) is 0 Å². The maximum absolute atomic E-state index is 8.91. The number of benzene rings is 6. The first-order valence-corrected chi connectivity index (χ1v) is 14.8. The van der Waals surface area contributed by atoms with Gasteiger partial charge in [-0.15, -0.1) is 0 Å². The quantitative estimate of drug-likeness (QED) is 0.200. The van der Waals surface area contributed by atoms with Crippen molar-refractivity contribution in [2.45, 2.75) is 13.3 Å². The molecule has 0 saturated carbocycles. The van der Waals surface area contributed by atoms with E-state index in [0.717, 1.165) is 55.7 Å². The number of nitrogens with zero attached hydrogens (tertiary/aromatic N) is 2. The lowest BCUT2D eigenvalue weighted by Crippen LogP contribution is -2.03. The van der Waals surface area contributed by atoms with E-state index in [0.29, 0.717) is 16.7 Å². The fourth-order valence-electron chi connectivity index (χ4n) is 6.10. The lowest BCUT2D eigenvalue weighted by atomic mass is 9.93. The minimum absolute atomic E-state index is 0.539. The zero-order valence-corrected chi connectivity index (χ0v) is 24.2. The van der Waals surface area contributed by atoms with Gasteiger partial charge in [-0.2, -0.15) is 0 Å². The SMILES string of the molecule is [2H]C([2H])(c1ccccc1)c1ccc2c(-c3nc4ccccc4n3-c3c(-c4ccccc4)cc(C)cc3-c3ccccc3)coc2c1. The third-order valence-corrected chi connectivity index (χ3v) is 8.09. The highest BCUT2D eigenvalue weighted by molar-refractivity contribution is 5.98. The fraction of sp³-hybridized carbons (Fsp3) is 0.0488. The van der Waals surface area contributed by atoms with E-state index in [2.05, 4.69) is 78.2 Å². The van der Waals surface area contributed by atoms with Crippen LogP contribution in [0.1, 0.15) is 19.4 Å². The maximum Gasteiger partial charge on any atom is 0.149 e. The maximum atomic E-state index is 8.91. The summed E-state index contributed by atoms with van der Waals surface area (Å²) in [6.45, 7) is 2.14. The highest BCUT2D eigenvalue weighted by atomic mass is 16.3. The van der Waals surface area contributed by atoms with Gasteiger partial charge in [-0.25, -0.2) is 4.98 Å². The normalized spacial score (nSPS) is 12.4. The number of fused-ring (bicyclic) bond motifs is 2. The molecule has 210 valence electrons. The van der Waals surface area contributed by atoms with Crippen LogP contribution in [0.25, 0.3) is 61.3 Å². The zero-order valence-electron chi connectivity index (χ0n) is 26.2. The van der Waals surface area contributed by atoms with Crippen molar-refractivity contribution in [1.82, 2.24) is 9.55 Å². The lowest BCUT2D eigenvalue weighted by Gasteiger charge is -2.20. The molecule has 0 fully saturated rings. The summed E-state index contributed by atoms with van der Waals surface area (Å²) in [6, 6.07) is 48.6. The fourth-order valence-corrected chi connectivity index (χ4v) is 6.10. The zero-order chi connectivity index (χ0) is 31.3. The Kier molecular flexibility index (Phi) is 5.89. The predicted octanol–water partition coefficient (Wildman–Crippen LogP) is 10.7. The molecule has 0 aliphatic heterocycles. The van der Waals surface area contributed by atoms with Crippen LogP contribution in [0.5, 0.6) is 0 Å². The van der Waals surface area contributed by atoms with Crippen molar-refractivity contribution in [3.8, 4) is 39.3 Å². The summed E-state index contributed by atoms with van der Waals surface area (Å²) in [6.07, 6.45) is 0.0788. The topological polar surface area (TPSA) is 31.0 Å². The van der Waals surface area contributed by atoms with Crippen LogP contribution in [-0.4, -0.2) is 9.55 Å². The number of para-hydroxylation sites is 2. The molecule has 8 aromatic rings. The van der Waals surface area contributed by atoms with E-state index in [4.69, 9.17) is 12.1 Å². The number of hydrogen-bond donors (Lipinski definition) is 0. The Morgan fingerprint density at radius 1 is 0.636 bits per heavy atom. The van der Waals surface area contributed by atoms with Gasteiger partial charge in [-0.05, 0) is 71.4 Å². The minimum Gasteiger partial charge on any atom is -0.464 e. The first-order chi connectivity index (χ1) is 22.5. The average molecular weight is 569 g/mol. The molecule has 0 radical (unpaired) electrons. The Labute approximate surface area is 259 Å². The summed E-state index contributed by atoms with van der Waals surface area (Å²) in [5.41, 5.74) is 11.1. The molecule has 0 aliphatic rings. The standard InChI is InChI=1S/C41H30N2O/c1-28-23-34(31-15-7-3-8-16-31)40(35(24-28)32-17-9-4-10-18-32)43-38-20-12-11-19-37(38)42-41(43)36-27-44-39-26-30(21-22-33(36)39)25-29-13-5-2-6-14-29/h2-24,26-27H,25H2,1H3/i25D2. The Hall–Kier alpha value is -5.67. The first-order valence-electron chi connectivity index (χ1n) is 15.8. The Bertz CT molecular complexity index is 2280. The largest absolute Gasteiger partial charge is 0.464 e. The van der Waals surface area contributed by atoms with Crippen LogP contribution in [0, 0.1) is 6.92 Å². The highest BCUT2D eigenvalue weighted by Gasteiger charge is 2.24. The van der Waals surface area contributed by atoms with Crippen molar-refractivity contribution in [2.75, 3.05) is 0 Å². The molecule has 0 N–H and O–H groups in total. The second kappa shape index (κ2) is 10.9. The van der Waals surface area contributed by atoms with Gasteiger partial charge in [0.05, 0.1) is 22.3 Å². The van der Waals surface area contributed by atoms with Crippen LogP contribution >= 0.6 is 0 Å². The van der Waals surface area contributed by atoms with E-state index in [9.17, 15) is 0 Å². The third kappa shape index (κ3) is 4.60. The van der Waals surface area contributed by atoms with Crippen LogP contribution in [0.2, 0.25) is 0 Å². The van der Waals surface area contributed by atoms with Gasteiger partial charge in [0.15, 0.2) is 0 Å². The van der Waals surface area contributed by atoms with Gasteiger partial charge in [0.25, 0.3) is 0 Å². The number of rotatable bonds is 6. The number of imidazole rings is 1. The van der Waals surface area contributed by atoms with Crippen LogP contribution in [0.4, 0.5) is 0 Å². The molecule has 3 nitrogen and oxygen atoms in total. The van der Waals surface area contributed by atoms with Gasteiger partial charge in [-0.1, -0.05) is 115 Å². The summed E-state index contributed by atoms with van der Waals surface area (Å²) in [7, 11) is 0. The van der Waals surface area contributed by atoms with Gasteiger partial charge >= 0.3 is 0 Å². The summed E-state index contributed by atoms with van der Waals surface area (Å²) >= 11 is 0. The molecule has 3 heteroatoms. The second-order valence-corrected chi connectivity index (χ2v) is 11.1. The summed E-state index contributed by atoms with van der Waals surface area (Å²) in [5.74, 6) is 0.761. The van der Waals surface area contributed by atoms with E-state index in [1.807, 2.05) is 78.9 Å². The van der Waals surface area contributed by atoms with E-state index < -0.39 is 6.37 Å². The summed E-state index contributed by atoms with van der Waals surface area (Å²) in [5, 5.41) is 0.874. The van der Waals surface area contributed by atoms with Crippen molar-refractivity contribution in [2.24, 2.45) is 0 Å². The smallest absolute Gasteiger partial charge is 0.149 e. The molecule has 0 aliphatic carbocycles. The molecule has 0 spiro atoms. The van der Waals surface area contributed by atoms with Gasteiger partial charge in [-0.3, -0.25) is 4.57 Å². The Morgan fingerprint density at radius 2 is 1.25 bits per heavy atom. The monoisotopic (exact) mass is 568 g/mol. The van der Waals surface area contributed by atoms with Gasteiger partial charge < -0.3 is 4.42 Å². The van der Waals surface area contributed by atoms with E-state index >= 15 is 0 Å². The molecule has 2 heterocycles. The molecule has 6 aromatic carbocycles. The third-order valence-electron chi connectivity index (χ3n) is 8.09. The Morgan fingerprint density at radius 3 is 1.93 bits per heavy atom. The van der Waals surface area contributed by atoms with Gasteiger partial charge in [0.2, 0.25) is 0 Å². The average Bonchev–Trinajstić information content (AvgIpc) is 3.70. The molecule has 8 rings (SSSR count). The van der Waals surface area contributed by atoms with Crippen LogP contribution in [-0.2, 0) is 6.37 Å². The van der Waals surface area contributed by atoms with Crippen molar-refractivity contribution in [3.05, 3.63) is 169 Å². The van der Waals surface area contributed by atoms with Crippen LogP contribution < -0.4 is 0 Å². The van der Waals surface area contributed by atoms with Crippen LogP contribution in [0.15, 0.2) is 156 Å². The van der Waals surface area contributed by atoms with E-state index in [1.54, 1.807) is 6.26 Å². The van der Waals surface area contributed by atoms with Crippen molar-refractivity contribution < 1.29 is 7.16 Å². The molecule has 0 amide bonds. The van der Waals surface area contributed by atoms with E-state index in [1.165, 1.54) is 5.56 Å². The number of aromatic nitrogens is 2. The number of aryl methyl sites for hydroxylation is 1. The number of hydrogen-bond acceptors (Lipinski definition) is 2. The molecular formula is C41H30N2O. The predicted molar refractivity (Wildman–Crippen MR) is 181 cm³/mol.